The third-order valence-electron chi connectivity index (χ3n) is 9.43. The van der Waals surface area contributed by atoms with E-state index < -0.39 is 0 Å². The molecule has 214 valence electrons. The lowest BCUT2D eigenvalue weighted by Gasteiger charge is -2.27. The van der Waals surface area contributed by atoms with Gasteiger partial charge in [0.05, 0.1) is 0 Å². The lowest BCUT2D eigenvalue weighted by molar-refractivity contribution is 0.827. The van der Waals surface area contributed by atoms with Crippen LogP contribution in [-0.2, 0) is 6.54 Å². The van der Waals surface area contributed by atoms with Crippen molar-refractivity contribution in [2.24, 2.45) is 0 Å². The molecule has 0 atom stereocenters. The third-order valence-corrected chi connectivity index (χ3v) is 9.43. The van der Waals surface area contributed by atoms with Crippen molar-refractivity contribution in [3.05, 3.63) is 143 Å². The van der Waals surface area contributed by atoms with E-state index in [1.54, 1.807) is 0 Å². The molecule has 2 nitrogen and oxygen atoms in total. The lowest BCUT2D eigenvalue weighted by Crippen LogP contribution is -2.39. The van der Waals surface area contributed by atoms with Crippen LogP contribution in [0.15, 0.2) is 121 Å². The molecule has 2 aliphatic rings. The molecule has 0 radical (unpaired) electrons. The van der Waals surface area contributed by atoms with Gasteiger partial charge in [-0.05, 0) is 95.1 Å². The Morgan fingerprint density at radius 2 is 1.34 bits per heavy atom. The monoisotopic (exact) mass is 568 g/mol. The number of hydrogen-bond donors (Lipinski definition) is 0. The smallest absolute Gasteiger partial charge is 0.0492 e. The van der Waals surface area contributed by atoms with Crippen LogP contribution in [0.25, 0.3) is 61.9 Å². The topological polar surface area (TPSA) is 8.17 Å². The number of benzene rings is 5. The van der Waals surface area contributed by atoms with Gasteiger partial charge in [-0.2, -0.15) is 0 Å². The summed E-state index contributed by atoms with van der Waals surface area (Å²) in [6.07, 6.45) is 14.1. The van der Waals surface area contributed by atoms with Gasteiger partial charge in [0.15, 0.2) is 0 Å². The molecular weight excluding hydrogens is 532 g/mol. The maximum atomic E-state index is 2.44. The summed E-state index contributed by atoms with van der Waals surface area (Å²) in [5, 5.41) is 5.27. The molecule has 0 amide bonds. The van der Waals surface area contributed by atoms with Gasteiger partial charge in [0, 0.05) is 52.0 Å². The normalized spacial score (nSPS) is 14.3. The molecule has 2 heteroatoms. The van der Waals surface area contributed by atoms with E-state index in [0.29, 0.717) is 0 Å². The van der Waals surface area contributed by atoms with Gasteiger partial charge in [-0.1, -0.05) is 103 Å². The van der Waals surface area contributed by atoms with Crippen LogP contribution >= 0.6 is 0 Å². The van der Waals surface area contributed by atoms with Crippen molar-refractivity contribution in [2.75, 3.05) is 11.4 Å². The highest BCUT2D eigenvalue weighted by atomic mass is 15.1. The van der Waals surface area contributed by atoms with E-state index in [1.165, 1.54) is 76.9 Å². The molecule has 0 unspecified atom stereocenters. The molecular formula is C42H36N2. The fourth-order valence-corrected chi connectivity index (χ4v) is 7.41. The minimum absolute atomic E-state index is 0.830. The largest absolute Gasteiger partial charge is 0.343 e. The van der Waals surface area contributed by atoms with Crippen LogP contribution in [0.4, 0.5) is 5.69 Å². The molecule has 2 heterocycles. The van der Waals surface area contributed by atoms with Crippen molar-refractivity contribution in [3.63, 3.8) is 0 Å². The standard InChI is InChI=1S/C42H36N2/c1-3-44-38-22-14-13-21-35(38)36-27-33(23-24-39(36)44)43-26-25-34-29(2)40(30-15-7-4-8-16-30)42(32-19-11-6-12-20-32)41(37(34)28-43)31-17-9-5-10-18-31/h4-5,7-11,13-25,27-28H,3,6,12,26H2,1-2H3. The molecule has 5 aromatic carbocycles. The van der Waals surface area contributed by atoms with E-state index >= 15 is 0 Å². The first-order chi connectivity index (χ1) is 21.7. The Morgan fingerprint density at radius 3 is 2.07 bits per heavy atom. The first-order valence-corrected chi connectivity index (χ1v) is 15.9. The number of aryl methyl sites for hydroxylation is 1. The molecule has 0 spiro atoms. The quantitative estimate of drug-likeness (QED) is 0.201. The molecule has 8 rings (SSSR count). The summed E-state index contributed by atoms with van der Waals surface area (Å²) in [4.78, 5) is 2.43. The average Bonchev–Trinajstić information content (AvgIpc) is 3.42. The van der Waals surface area contributed by atoms with Crippen molar-refractivity contribution < 1.29 is 0 Å². The molecule has 0 fully saturated rings. The van der Waals surface area contributed by atoms with Gasteiger partial charge in [-0.3, -0.25) is 0 Å². The molecule has 1 aromatic heterocycles. The molecule has 0 bridgehead atoms. The molecule has 1 aliphatic heterocycles. The number of fused-ring (bicyclic) bond motifs is 4. The highest BCUT2D eigenvalue weighted by Crippen LogP contribution is 2.39. The number of hydrogen-bond acceptors (Lipinski definition) is 1. The Bertz CT molecular complexity index is 2230. The molecule has 6 aromatic rings. The van der Waals surface area contributed by atoms with Gasteiger partial charge in [-0.25, -0.2) is 0 Å². The van der Waals surface area contributed by atoms with Gasteiger partial charge >= 0.3 is 0 Å². The van der Waals surface area contributed by atoms with Crippen LogP contribution in [0, 0.1) is 6.92 Å². The van der Waals surface area contributed by atoms with Crippen LogP contribution in [0.1, 0.15) is 30.9 Å². The molecule has 44 heavy (non-hydrogen) atoms. The highest BCUT2D eigenvalue weighted by molar-refractivity contribution is 6.09. The van der Waals surface area contributed by atoms with Gasteiger partial charge in [0.1, 0.15) is 0 Å². The second-order valence-corrected chi connectivity index (χ2v) is 11.9. The average molecular weight is 569 g/mol. The molecule has 0 saturated heterocycles. The Morgan fingerprint density at radius 1 is 0.636 bits per heavy atom. The second-order valence-electron chi connectivity index (χ2n) is 11.9. The van der Waals surface area contributed by atoms with Gasteiger partial charge in [-0.15, -0.1) is 0 Å². The number of anilines is 1. The zero-order chi connectivity index (χ0) is 29.6. The van der Waals surface area contributed by atoms with Crippen molar-refractivity contribution >= 4 is 45.3 Å². The summed E-state index contributed by atoms with van der Waals surface area (Å²) >= 11 is 0. The first kappa shape index (κ1) is 26.5. The van der Waals surface area contributed by atoms with Gasteiger partial charge < -0.3 is 9.47 Å². The van der Waals surface area contributed by atoms with E-state index in [2.05, 4.69) is 157 Å². The van der Waals surface area contributed by atoms with Crippen LogP contribution in [0.3, 0.4) is 0 Å². The SMILES string of the molecule is CCn1c2ccccc2c2cc(N3C=c4c(-c5ccccc5)c(C5=CCCC=C5)c(-c5ccccc5)c(C)c4=CC3)ccc21. The summed E-state index contributed by atoms with van der Waals surface area (Å²) in [6, 6.07) is 37.7. The summed E-state index contributed by atoms with van der Waals surface area (Å²) in [5.74, 6) is 0. The van der Waals surface area contributed by atoms with Crippen molar-refractivity contribution in [1.29, 1.82) is 0 Å². The second kappa shape index (κ2) is 10.9. The first-order valence-electron chi connectivity index (χ1n) is 15.9. The van der Waals surface area contributed by atoms with Crippen LogP contribution < -0.4 is 15.3 Å². The van der Waals surface area contributed by atoms with Crippen LogP contribution in [-0.4, -0.2) is 11.1 Å². The number of allylic oxidation sites excluding steroid dienone is 4. The number of para-hydroxylation sites is 1. The predicted molar refractivity (Wildman–Crippen MR) is 189 cm³/mol. The fraction of sp³-hybridized carbons (Fsp3) is 0.143. The number of rotatable bonds is 5. The minimum Gasteiger partial charge on any atom is -0.343 e. The number of aromatic nitrogens is 1. The Balaban J connectivity index is 1.42. The van der Waals surface area contributed by atoms with Gasteiger partial charge in [0.25, 0.3) is 0 Å². The molecule has 0 N–H and O–H groups in total. The predicted octanol–water partition coefficient (Wildman–Crippen LogP) is 9.23. The summed E-state index contributed by atoms with van der Waals surface area (Å²) in [7, 11) is 0. The zero-order valence-electron chi connectivity index (χ0n) is 25.4. The maximum Gasteiger partial charge on any atom is 0.0492 e. The van der Waals surface area contributed by atoms with Crippen molar-refractivity contribution in [3.8, 4) is 22.3 Å². The minimum atomic E-state index is 0.830. The zero-order valence-corrected chi connectivity index (χ0v) is 25.4. The van der Waals surface area contributed by atoms with E-state index in [1.807, 2.05) is 0 Å². The van der Waals surface area contributed by atoms with Crippen molar-refractivity contribution in [2.45, 2.75) is 33.2 Å². The summed E-state index contributed by atoms with van der Waals surface area (Å²) < 4.78 is 2.43. The highest BCUT2D eigenvalue weighted by Gasteiger charge is 2.23. The Kier molecular flexibility index (Phi) is 6.56. The Labute approximate surface area is 259 Å². The summed E-state index contributed by atoms with van der Waals surface area (Å²) in [6.45, 7) is 6.33. The fourth-order valence-electron chi connectivity index (χ4n) is 7.41. The maximum absolute atomic E-state index is 2.44. The van der Waals surface area contributed by atoms with Crippen LogP contribution in [0.5, 0.6) is 0 Å². The van der Waals surface area contributed by atoms with E-state index in [4.69, 9.17) is 0 Å². The third kappa shape index (κ3) is 4.25. The van der Waals surface area contributed by atoms with E-state index in [9.17, 15) is 0 Å². The molecule has 0 saturated carbocycles. The van der Waals surface area contributed by atoms with E-state index in [-0.39, 0.29) is 0 Å². The van der Waals surface area contributed by atoms with E-state index in [0.717, 1.165) is 25.9 Å². The lowest BCUT2D eigenvalue weighted by atomic mass is 9.81. The number of nitrogens with zero attached hydrogens (tertiary/aromatic N) is 2. The van der Waals surface area contributed by atoms with Crippen LogP contribution in [0.2, 0.25) is 0 Å². The van der Waals surface area contributed by atoms with Gasteiger partial charge in [0.2, 0.25) is 0 Å². The van der Waals surface area contributed by atoms with Crippen molar-refractivity contribution in [1.82, 2.24) is 4.57 Å². The Hall–Kier alpha value is -5.08. The summed E-state index contributed by atoms with van der Waals surface area (Å²) in [5.41, 5.74) is 13.0. The molecule has 1 aliphatic carbocycles.